The molecular formula is C20H15ClN4O4. The highest BCUT2D eigenvalue weighted by Gasteiger charge is 2.27. The first-order valence-electron chi connectivity index (χ1n) is 8.84. The third-order valence-electron chi connectivity index (χ3n) is 4.63. The van der Waals surface area contributed by atoms with Gasteiger partial charge < -0.3 is 5.11 Å². The van der Waals surface area contributed by atoms with Gasteiger partial charge in [0.15, 0.2) is 0 Å². The van der Waals surface area contributed by atoms with Gasteiger partial charge in [0.2, 0.25) is 5.75 Å². The third kappa shape index (κ3) is 3.88. The van der Waals surface area contributed by atoms with Crippen LogP contribution in [-0.2, 0) is 0 Å². The number of nitro benzene ring substituents is 1. The van der Waals surface area contributed by atoms with Crippen LogP contribution in [0.4, 0.5) is 5.69 Å². The fourth-order valence-electron chi connectivity index (χ4n) is 3.04. The van der Waals surface area contributed by atoms with Crippen LogP contribution in [0.3, 0.4) is 0 Å². The quantitative estimate of drug-likeness (QED) is 0.372. The van der Waals surface area contributed by atoms with Crippen LogP contribution in [0.25, 0.3) is 10.9 Å². The summed E-state index contributed by atoms with van der Waals surface area (Å²) in [5.74, 6) is -0.654. The van der Waals surface area contributed by atoms with Gasteiger partial charge in [-0.3, -0.25) is 19.9 Å². The molecule has 0 atom stereocenters. The van der Waals surface area contributed by atoms with Crippen LogP contribution in [-0.4, -0.2) is 27.1 Å². The van der Waals surface area contributed by atoms with Crippen LogP contribution in [0, 0.1) is 10.1 Å². The third-order valence-corrected chi connectivity index (χ3v) is 4.84. The highest BCUT2D eigenvalue weighted by atomic mass is 35.5. The Hall–Kier alpha value is -3.52. The molecule has 1 amide bonds. The van der Waals surface area contributed by atoms with Gasteiger partial charge in [-0.05, 0) is 31.0 Å². The predicted molar refractivity (Wildman–Crippen MR) is 109 cm³/mol. The van der Waals surface area contributed by atoms with Crippen LogP contribution >= 0.6 is 11.6 Å². The summed E-state index contributed by atoms with van der Waals surface area (Å²) in [5.41, 5.74) is 3.92. The maximum absolute atomic E-state index is 12.7. The number of aromatic hydroxyl groups is 1. The second-order valence-corrected chi connectivity index (χ2v) is 7.14. The number of hydrazone groups is 1. The largest absolute Gasteiger partial charge is 0.502 e. The summed E-state index contributed by atoms with van der Waals surface area (Å²) in [5, 5.41) is 25.6. The Balaban J connectivity index is 1.62. The number of carbonyl (C=O) groups is 1. The van der Waals surface area contributed by atoms with E-state index in [0.717, 1.165) is 36.3 Å². The number of para-hydroxylation sites is 1. The Bertz CT molecular complexity index is 1170. The molecule has 0 bridgehead atoms. The molecule has 3 aromatic rings. The van der Waals surface area contributed by atoms with Crippen molar-refractivity contribution in [2.45, 2.75) is 18.8 Å². The summed E-state index contributed by atoms with van der Waals surface area (Å²) in [7, 11) is 0. The lowest BCUT2D eigenvalue weighted by Gasteiger charge is -2.08. The fraction of sp³-hybridized carbons (Fsp3) is 0.150. The van der Waals surface area contributed by atoms with Gasteiger partial charge in [0.05, 0.1) is 22.2 Å². The fourth-order valence-corrected chi connectivity index (χ4v) is 3.26. The predicted octanol–water partition coefficient (Wildman–Crippen LogP) is 4.14. The number of benzene rings is 2. The number of nitro groups is 1. The van der Waals surface area contributed by atoms with E-state index in [-0.39, 0.29) is 10.6 Å². The number of nitrogens with zero attached hydrogens (tertiary/aromatic N) is 3. The number of aromatic nitrogens is 1. The van der Waals surface area contributed by atoms with Gasteiger partial charge in [-0.15, -0.1) is 0 Å². The molecule has 29 heavy (non-hydrogen) atoms. The van der Waals surface area contributed by atoms with E-state index >= 15 is 0 Å². The molecule has 9 heteroatoms. The number of amides is 1. The van der Waals surface area contributed by atoms with Crippen molar-refractivity contribution >= 4 is 40.3 Å². The van der Waals surface area contributed by atoms with Gasteiger partial charge in [-0.25, -0.2) is 5.43 Å². The maximum Gasteiger partial charge on any atom is 0.312 e. The number of phenols is 1. The standard InChI is InChI=1S/C20H15ClN4O4/c21-13-7-12(19(26)18(8-13)25(28)29)10-22-24-20(27)15-9-17(11-5-6-11)23-16-4-2-1-3-14(15)16/h1-4,7-11,26H,5-6H2,(H,24,27). The van der Waals surface area contributed by atoms with Crippen LogP contribution < -0.4 is 5.43 Å². The van der Waals surface area contributed by atoms with Crippen molar-refractivity contribution in [2.24, 2.45) is 5.10 Å². The summed E-state index contributed by atoms with van der Waals surface area (Å²) in [4.78, 5) is 27.6. The molecule has 1 aliphatic rings. The topological polar surface area (TPSA) is 118 Å². The molecule has 146 valence electrons. The molecule has 1 saturated carbocycles. The highest BCUT2D eigenvalue weighted by Crippen LogP contribution is 2.40. The summed E-state index contributed by atoms with van der Waals surface area (Å²) in [6.07, 6.45) is 3.21. The molecule has 0 spiro atoms. The van der Waals surface area contributed by atoms with Crippen molar-refractivity contribution in [3.05, 3.63) is 74.4 Å². The summed E-state index contributed by atoms with van der Waals surface area (Å²) < 4.78 is 0. The molecule has 1 aromatic heterocycles. The van der Waals surface area contributed by atoms with Crippen LogP contribution in [0.1, 0.15) is 40.4 Å². The van der Waals surface area contributed by atoms with Crippen molar-refractivity contribution in [3.8, 4) is 5.75 Å². The number of phenolic OH excluding ortho intramolecular Hbond substituents is 1. The minimum atomic E-state index is -0.750. The molecule has 0 saturated heterocycles. The Labute approximate surface area is 170 Å². The first kappa shape index (κ1) is 18.8. The molecule has 0 aliphatic heterocycles. The average molecular weight is 411 g/mol. The van der Waals surface area contributed by atoms with E-state index in [0.29, 0.717) is 16.9 Å². The highest BCUT2D eigenvalue weighted by molar-refractivity contribution is 6.31. The molecule has 8 nitrogen and oxygen atoms in total. The van der Waals surface area contributed by atoms with Crippen LogP contribution in [0.2, 0.25) is 5.02 Å². The van der Waals surface area contributed by atoms with Crippen LogP contribution in [0.15, 0.2) is 47.6 Å². The van der Waals surface area contributed by atoms with Gasteiger partial charge >= 0.3 is 5.69 Å². The molecule has 1 fully saturated rings. The number of fused-ring (bicyclic) bond motifs is 1. The second kappa shape index (κ2) is 7.48. The SMILES string of the molecule is O=C(NN=Cc1cc(Cl)cc([N+](=O)[O-])c1O)c1cc(C2CC2)nc2ccccc12. The first-order chi connectivity index (χ1) is 13.9. The lowest BCUT2D eigenvalue weighted by molar-refractivity contribution is -0.385. The Morgan fingerprint density at radius 1 is 1.31 bits per heavy atom. The number of hydrogen-bond donors (Lipinski definition) is 2. The molecule has 1 heterocycles. The van der Waals surface area contributed by atoms with Crippen LogP contribution in [0.5, 0.6) is 5.75 Å². The van der Waals surface area contributed by atoms with E-state index in [4.69, 9.17) is 11.6 Å². The van der Waals surface area contributed by atoms with Gasteiger partial charge in [0.1, 0.15) is 0 Å². The summed E-state index contributed by atoms with van der Waals surface area (Å²) in [6, 6.07) is 11.5. The zero-order chi connectivity index (χ0) is 20.5. The number of halogens is 1. The van der Waals surface area contributed by atoms with Gasteiger partial charge in [-0.2, -0.15) is 5.10 Å². The lowest BCUT2D eigenvalue weighted by atomic mass is 10.1. The van der Waals surface area contributed by atoms with Crippen molar-refractivity contribution in [2.75, 3.05) is 0 Å². The number of carbonyl (C=O) groups excluding carboxylic acids is 1. The van der Waals surface area contributed by atoms with Crippen molar-refractivity contribution in [1.29, 1.82) is 0 Å². The first-order valence-corrected chi connectivity index (χ1v) is 9.22. The van der Waals surface area contributed by atoms with Crippen molar-refractivity contribution in [1.82, 2.24) is 10.4 Å². The number of nitrogens with one attached hydrogen (secondary N) is 1. The maximum atomic E-state index is 12.7. The van der Waals surface area contributed by atoms with E-state index in [1.54, 1.807) is 6.07 Å². The van der Waals surface area contributed by atoms with E-state index in [9.17, 15) is 20.0 Å². The number of hydrogen-bond acceptors (Lipinski definition) is 6. The smallest absolute Gasteiger partial charge is 0.312 e. The molecule has 0 radical (unpaired) electrons. The zero-order valence-electron chi connectivity index (χ0n) is 15.0. The van der Waals surface area contributed by atoms with Gasteiger partial charge in [-0.1, -0.05) is 29.8 Å². The molecule has 1 aliphatic carbocycles. The van der Waals surface area contributed by atoms with E-state index in [2.05, 4.69) is 15.5 Å². The molecule has 0 unspecified atom stereocenters. The molecule has 2 N–H and O–H groups in total. The van der Waals surface area contributed by atoms with E-state index < -0.39 is 22.3 Å². The Morgan fingerprint density at radius 2 is 2.07 bits per heavy atom. The van der Waals surface area contributed by atoms with Gasteiger partial charge in [0.25, 0.3) is 5.91 Å². The van der Waals surface area contributed by atoms with E-state index in [1.165, 1.54) is 6.07 Å². The average Bonchev–Trinajstić information content (AvgIpc) is 3.54. The molecule has 2 aromatic carbocycles. The normalized spacial score (nSPS) is 13.7. The minimum absolute atomic E-state index is 0.0164. The Morgan fingerprint density at radius 3 is 2.79 bits per heavy atom. The Kier molecular flexibility index (Phi) is 4.85. The zero-order valence-corrected chi connectivity index (χ0v) is 15.8. The monoisotopic (exact) mass is 410 g/mol. The lowest BCUT2D eigenvalue weighted by Crippen LogP contribution is -2.18. The number of rotatable bonds is 5. The minimum Gasteiger partial charge on any atom is -0.502 e. The second-order valence-electron chi connectivity index (χ2n) is 6.71. The van der Waals surface area contributed by atoms with Crippen molar-refractivity contribution < 1.29 is 14.8 Å². The van der Waals surface area contributed by atoms with E-state index in [1.807, 2.05) is 24.3 Å². The molecule has 4 rings (SSSR count). The summed E-state index contributed by atoms with van der Waals surface area (Å²) in [6.45, 7) is 0. The van der Waals surface area contributed by atoms with Gasteiger partial charge in [0, 0.05) is 33.7 Å². The summed E-state index contributed by atoms with van der Waals surface area (Å²) >= 11 is 5.85. The number of pyridine rings is 1. The molecular weight excluding hydrogens is 396 g/mol. The van der Waals surface area contributed by atoms with Crippen molar-refractivity contribution in [3.63, 3.8) is 0 Å².